The maximum atomic E-state index is 12.6. The third kappa shape index (κ3) is 3.24. The van der Waals surface area contributed by atoms with Gasteiger partial charge in [0, 0.05) is 0 Å². The van der Waals surface area contributed by atoms with E-state index in [9.17, 15) is 14.4 Å². The molecular weight excluding hydrogens is 354 g/mol. The van der Waals surface area contributed by atoms with Gasteiger partial charge < -0.3 is 5.73 Å². The Morgan fingerprint density at radius 2 is 1.85 bits per heavy atom. The number of amides is 2. The Balaban J connectivity index is 1.86. The van der Waals surface area contributed by atoms with E-state index in [0.717, 1.165) is 17.0 Å². The summed E-state index contributed by atoms with van der Waals surface area (Å²) in [6, 6.07) is 9.31. The number of rotatable bonds is 5. The second-order valence-electron chi connectivity index (χ2n) is 5.47. The molecule has 3 N–H and O–H groups in total. The van der Waals surface area contributed by atoms with Crippen LogP contribution in [0.1, 0.15) is 31.4 Å². The number of primary amides is 1. The van der Waals surface area contributed by atoms with Crippen molar-refractivity contribution in [3.63, 3.8) is 0 Å². The van der Waals surface area contributed by atoms with Gasteiger partial charge in [-0.15, -0.1) is 0 Å². The van der Waals surface area contributed by atoms with E-state index in [1.165, 1.54) is 6.20 Å². The lowest BCUT2D eigenvalue weighted by atomic mass is 10.1. The summed E-state index contributed by atoms with van der Waals surface area (Å²) < 4.78 is 1.62. The van der Waals surface area contributed by atoms with Crippen molar-refractivity contribution in [3.8, 4) is 5.69 Å². The number of benzene rings is 1. The van der Waals surface area contributed by atoms with Crippen molar-refractivity contribution in [1.29, 1.82) is 0 Å². The van der Waals surface area contributed by atoms with Crippen molar-refractivity contribution in [1.82, 2.24) is 14.8 Å². The Hall–Kier alpha value is -3.33. The Bertz CT molecular complexity index is 1010. The molecular formula is C17H15N5O3S. The summed E-state index contributed by atoms with van der Waals surface area (Å²) in [6.07, 6.45) is 1.25. The summed E-state index contributed by atoms with van der Waals surface area (Å²) >= 11 is 0.902. The number of carbonyl (C=O) groups is 3. The first-order valence-electron chi connectivity index (χ1n) is 7.61. The van der Waals surface area contributed by atoms with E-state index < -0.39 is 17.6 Å². The minimum Gasteiger partial charge on any atom is -0.365 e. The van der Waals surface area contributed by atoms with Crippen LogP contribution in [0.25, 0.3) is 5.69 Å². The van der Waals surface area contributed by atoms with Gasteiger partial charge >= 0.3 is 0 Å². The zero-order chi connectivity index (χ0) is 18.8. The van der Waals surface area contributed by atoms with Crippen molar-refractivity contribution >= 4 is 34.1 Å². The number of nitrogens with zero attached hydrogens (tertiary/aromatic N) is 3. The average molecular weight is 369 g/mol. The van der Waals surface area contributed by atoms with E-state index in [4.69, 9.17) is 5.73 Å². The van der Waals surface area contributed by atoms with E-state index in [1.807, 2.05) is 30.3 Å². The number of nitrogens with one attached hydrogen (secondary N) is 1. The van der Waals surface area contributed by atoms with Gasteiger partial charge in [0.25, 0.3) is 17.6 Å². The lowest BCUT2D eigenvalue weighted by Gasteiger charge is -2.05. The van der Waals surface area contributed by atoms with Gasteiger partial charge in [0.2, 0.25) is 0 Å². The van der Waals surface area contributed by atoms with Crippen LogP contribution in [-0.4, -0.2) is 32.4 Å². The number of aromatic nitrogens is 3. The quantitative estimate of drug-likeness (QED) is 0.525. The number of nitrogens with two attached hydrogens (primary N) is 1. The van der Waals surface area contributed by atoms with Gasteiger partial charge in [-0.05, 0) is 26.0 Å². The van der Waals surface area contributed by atoms with Crippen molar-refractivity contribution in [2.24, 2.45) is 5.73 Å². The van der Waals surface area contributed by atoms with E-state index in [0.29, 0.717) is 11.4 Å². The molecule has 8 nitrogen and oxygen atoms in total. The molecule has 2 heterocycles. The molecule has 0 saturated heterocycles. The summed E-state index contributed by atoms with van der Waals surface area (Å²) in [5.74, 6) is -2.22. The number of aryl methyl sites for hydroxylation is 1. The Kier molecular flexibility index (Phi) is 4.63. The zero-order valence-electron chi connectivity index (χ0n) is 14.0. The van der Waals surface area contributed by atoms with Gasteiger partial charge in [-0.25, -0.2) is 9.67 Å². The number of hydrogen-bond acceptors (Lipinski definition) is 6. The Morgan fingerprint density at radius 1 is 1.15 bits per heavy atom. The highest BCUT2D eigenvalue weighted by Crippen LogP contribution is 2.21. The molecule has 0 aliphatic rings. The number of para-hydroxylation sites is 1. The van der Waals surface area contributed by atoms with Crippen LogP contribution >= 0.6 is 11.3 Å². The highest BCUT2D eigenvalue weighted by molar-refractivity contribution is 7.17. The first-order chi connectivity index (χ1) is 12.4. The molecule has 0 spiro atoms. The van der Waals surface area contributed by atoms with Crippen LogP contribution in [0, 0.1) is 13.8 Å². The number of ketones is 1. The second-order valence-corrected chi connectivity index (χ2v) is 6.50. The number of carbonyl (C=O) groups excluding carboxylic acids is 3. The average Bonchev–Trinajstić information content (AvgIpc) is 3.20. The van der Waals surface area contributed by atoms with Gasteiger partial charge in [-0.2, -0.15) is 5.10 Å². The molecule has 2 amide bonds. The van der Waals surface area contributed by atoms with Crippen LogP contribution in [0.5, 0.6) is 0 Å². The summed E-state index contributed by atoms with van der Waals surface area (Å²) in [4.78, 5) is 40.0. The maximum Gasteiger partial charge on any atom is 0.298 e. The van der Waals surface area contributed by atoms with Gasteiger partial charge in [0.15, 0.2) is 5.13 Å². The molecule has 0 fully saturated rings. The van der Waals surface area contributed by atoms with Crippen molar-refractivity contribution < 1.29 is 14.4 Å². The summed E-state index contributed by atoms with van der Waals surface area (Å²) in [5, 5.41) is 6.88. The molecule has 132 valence electrons. The normalized spacial score (nSPS) is 10.5. The monoisotopic (exact) mass is 369 g/mol. The minimum atomic E-state index is -0.853. The predicted molar refractivity (Wildman–Crippen MR) is 96.6 cm³/mol. The van der Waals surface area contributed by atoms with E-state index in [2.05, 4.69) is 15.4 Å². The molecule has 0 radical (unpaired) electrons. The number of Topliss-reactive ketones (excluding diaryl/α,β-unsaturated/α-hetero) is 1. The summed E-state index contributed by atoms with van der Waals surface area (Å²) in [6.45, 7) is 3.39. The fourth-order valence-corrected chi connectivity index (χ4v) is 3.17. The molecule has 26 heavy (non-hydrogen) atoms. The largest absolute Gasteiger partial charge is 0.365 e. The molecule has 0 atom stereocenters. The number of thiazole rings is 1. The highest BCUT2D eigenvalue weighted by atomic mass is 32.1. The van der Waals surface area contributed by atoms with Gasteiger partial charge in [-0.1, -0.05) is 29.5 Å². The van der Waals surface area contributed by atoms with Crippen LogP contribution < -0.4 is 11.1 Å². The zero-order valence-corrected chi connectivity index (χ0v) is 14.8. The van der Waals surface area contributed by atoms with Gasteiger partial charge in [0.1, 0.15) is 4.88 Å². The van der Waals surface area contributed by atoms with Crippen molar-refractivity contribution in [3.05, 3.63) is 58.4 Å². The Labute approximate surface area is 152 Å². The maximum absolute atomic E-state index is 12.6. The van der Waals surface area contributed by atoms with Crippen LogP contribution in [0.2, 0.25) is 0 Å². The van der Waals surface area contributed by atoms with E-state index in [1.54, 1.807) is 18.5 Å². The van der Waals surface area contributed by atoms with Crippen LogP contribution in [0.15, 0.2) is 36.5 Å². The first kappa shape index (κ1) is 17.5. The fraction of sp³-hybridized carbons (Fsp3) is 0.118. The van der Waals surface area contributed by atoms with Crippen molar-refractivity contribution in [2.45, 2.75) is 13.8 Å². The molecule has 2 aromatic heterocycles. The third-order valence-corrected chi connectivity index (χ3v) is 4.62. The molecule has 0 aliphatic carbocycles. The Morgan fingerprint density at radius 3 is 2.46 bits per heavy atom. The number of hydrogen-bond donors (Lipinski definition) is 2. The molecule has 3 aromatic rings. The lowest BCUT2D eigenvalue weighted by Crippen LogP contribution is -2.24. The SMILES string of the molecule is Cc1nn(-c2ccccc2)c(C)c1C(=O)C(=O)Nc1ncc(C(N)=O)s1. The summed E-state index contributed by atoms with van der Waals surface area (Å²) in [5.41, 5.74) is 7.18. The minimum absolute atomic E-state index is 0.128. The topological polar surface area (TPSA) is 120 Å². The molecule has 0 bridgehead atoms. The van der Waals surface area contributed by atoms with Gasteiger partial charge in [-0.3, -0.25) is 19.7 Å². The van der Waals surface area contributed by atoms with Crippen LogP contribution in [0.3, 0.4) is 0 Å². The molecule has 0 unspecified atom stereocenters. The van der Waals surface area contributed by atoms with E-state index >= 15 is 0 Å². The first-order valence-corrected chi connectivity index (χ1v) is 8.43. The molecule has 0 aliphatic heterocycles. The lowest BCUT2D eigenvalue weighted by molar-refractivity contribution is -0.112. The molecule has 0 saturated carbocycles. The standard InChI is InChI=1S/C17H15N5O3S/c1-9-13(10(2)22(21-9)11-6-4-3-5-7-11)14(23)16(25)20-17-19-8-12(26-17)15(18)24/h3-8H,1-2H3,(H2,18,24)(H,19,20,25). The molecule has 1 aromatic carbocycles. The number of anilines is 1. The molecule has 9 heteroatoms. The highest BCUT2D eigenvalue weighted by Gasteiger charge is 2.26. The van der Waals surface area contributed by atoms with E-state index in [-0.39, 0.29) is 15.6 Å². The molecule has 3 rings (SSSR count). The van der Waals surface area contributed by atoms with Crippen LogP contribution in [-0.2, 0) is 4.79 Å². The van der Waals surface area contributed by atoms with Crippen LogP contribution in [0.4, 0.5) is 5.13 Å². The fourth-order valence-electron chi connectivity index (χ4n) is 2.51. The third-order valence-electron chi connectivity index (χ3n) is 3.69. The summed E-state index contributed by atoms with van der Waals surface area (Å²) in [7, 11) is 0. The van der Waals surface area contributed by atoms with Gasteiger partial charge in [0.05, 0.1) is 28.8 Å². The smallest absolute Gasteiger partial charge is 0.298 e. The van der Waals surface area contributed by atoms with Crippen molar-refractivity contribution in [2.75, 3.05) is 5.32 Å². The predicted octanol–water partition coefficient (Wildman–Crippen LogP) is 1.87. The second kappa shape index (κ2) is 6.89.